The minimum Gasteiger partial charge on any atom is -0.147 e. The fourth-order valence-electron chi connectivity index (χ4n) is 0.882. The van der Waals surface area contributed by atoms with E-state index in [2.05, 4.69) is 19.1 Å². The third-order valence-electron chi connectivity index (χ3n) is 1.41. The Bertz CT molecular complexity index is 152. The molecule has 4 heteroatoms. The van der Waals surface area contributed by atoms with Gasteiger partial charge in [-0.2, -0.15) is 0 Å². The van der Waals surface area contributed by atoms with Gasteiger partial charge in [-0.25, -0.2) is 0 Å². The van der Waals surface area contributed by atoms with E-state index in [-0.39, 0.29) is 37.2 Å². The van der Waals surface area contributed by atoms with Crippen molar-refractivity contribution in [1.82, 2.24) is 0 Å². The van der Waals surface area contributed by atoms with Crippen LogP contribution in [-0.4, -0.2) is 0 Å². The Morgan fingerprint density at radius 3 is 2.09 bits per heavy atom. The zero-order valence-electron chi connectivity index (χ0n) is 6.29. The standard InChI is InChI=1S/C7H9.3ClH.Zr/c1-2-7-5-3-4-6-7;;;;/h3,5H,2,4H2,1H3;3*1H;. The maximum atomic E-state index is 2.25. The second kappa shape index (κ2) is 9.32. The van der Waals surface area contributed by atoms with Crippen molar-refractivity contribution in [3.63, 3.8) is 0 Å². The van der Waals surface area contributed by atoms with Gasteiger partial charge in [-0.15, -0.1) is 37.2 Å². The molecule has 1 rings (SSSR count). The van der Waals surface area contributed by atoms with Crippen LogP contribution in [0.2, 0.25) is 0 Å². The van der Waals surface area contributed by atoms with Crippen molar-refractivity contribution < 1.29 is 24.7 Å². The van der Waals surface area contributed by atoms with Crippen molar-refractivity contribution in [2.75, 3.05) is 0 Å². The van der Waals surface area contributed by atoms with Crippen LogP contribution in [0.1, 0.15) is 19.8 Å². The van der Waals surface area contributed by atoms with Gasteiger partial charge in [-0.1, -0.05) is 0 Å². The van der Waals surface area contributed by atoms with Crippen LogP contribution in [0.4, 0.5) is 0 Å². The Labute approximate surface area is 102 Å². The first-order valence-corrected chi connectivity index (χ1v) is 4.17. The molecular formula is C7H12Cl3Zr. The zero-order chi connectivity index (χ0) is 5.98. The minimum atomic E-state index is 0. The topological polar surface area (TPSA) is 0 Å². The molecule has 0 saturated carbocycles. The van der Waals surface area contributed by atoms with Gasteiger partial charge in [0.15, 0.2) is 0 Å². The van der Waals surface area contributed by atoms with E-state index in [0.29, 0.717) is 0 Å². The van der Waals surface area contributed by atoms with E-state index >= 15 is 0 Å². The fourth-order valence-corrected chi connectivity index (χ4v) is 1.81. The fraction of sp³-hybridized carbons (Fsp3) is 0.429. The normalized spacial score (nSPS) is 13.1. The van der Waals surface area contributed by atoms with Gasteiger partial charge >= 0.3 is 65.5 Å². The summed E-state index contributed by atoms with van der Waals surface area (Å²) in [5, 5.41) is 0. The summed E-state index contributed by atoms with van der Waals surface area (Å²) >= 11 is 1.60. The molecule has 0 nitrogen and oxygen atoms in total. The molecule has 0 radical (unpaired) electrons. The molecule has 0 aliphatic heterocycles. The van der Waals surface area contributed by atoms with Crippen LogP contribution in [0.3, 0.4) is 0 Å². The average Bonchev–Trinajstić information content (AvgIpc) is 2.14. The Balaban J connectivity index is -0.000000213. The summed E-state index contributed by atoms with van der Waals surface area (Å²) in [7, 11) is 0. The second-order valence-electron chi connectivity index (χ2n) is 1.96. The number of hydrogen-bond donors (Lipinski definition) is 0. The van der Waals surface area contributed by atoms with Crippen molar-refractivity contribution in [2.45, 2.75) is 19.8 Å². The van der Waals surface area contributed by atoms with Crippen molar-refractivity contribution in [2.24, 2.45) is 0 Å². The molecule has 0 aromatic rings. The molecule has 65 valence electrons. The van der Waals surface area contributed by atoms with E-state index in [0.717, 1.165) is 0 Å². The first-order valence-electron chi connectivity index (χ1n) is 2.94. The second-order valence-corrected chi connectivity index (χ2v) is 3.45. The summed E-state index contributed by atoms with van der Waals surface area (Å²) < 4.78 is 1.64. The third-order valence-corrected chi connectivity index (χ3v) is 2.70. The predicted molar refractivity (Wildman–Crippen MR) is 52.8 cm³/mol. The van der Waals surface area contributed by atoms with Crippen LogP contribution >= 0.6 is 37.2 Å². The van der Waals surface area contributed by atoms with Crippen molar-refractivity contribution in [1.29, 1.82) is 0 Å². The summed E-state index contributed by atoms with van der Waals surface area (Å²) in [6.07, 6.45) is 6.95. The molecule has 0 atom stereocenters. The molecule has 0 aromatic heterocycles. The van der Waals surface area contributed by atoms with Crippen LogP contribution in [0.15, 0.2) is 21.0 Å². The maximum absolute atomic E-state index is 2.25. The van der Waals surface area contributed by atoms with E-state index in [9.17, 15) is 0 Å². The minimum absolute atomic E-state index is 0. The Kier molecular flexibility index (Phi) is 15.3. The van der Waals surface area contributed by atoms with Gasteiger partial charge in [0.1, 0.15) is 0 Å². The average molecular weight is 294 g/mol. The van der Waals surface area contributed by atoms with E-state index < -0.39 is 0 Å². The number of rotatable bonds is 1. The maximum Gasteiger partial charge on any atom is -0.147 e. The summed E-state index contributed by atoms with van der Waals surface area (Å²) in [4.78, 5) is 0. The molecule has 0 bridgehead atoms. The molecule has 0 spiro atoms. The summed E-state index contributed by atoms with van der Waals surface area (Å²) in [5.41, 5.74) is 1.57. The third kappa shape index (κ3) is 5.47. The largest absolute Gasteiger partial charge is 0.147 e. The molecule has 0 unspecified atom stereocenters. The smallest absolute Gasteiger partial charge is 0.147 e. The van der Waals surface area contributed by atoms with Gasteiger partial charge in [-0.05, 0) is 0 Å². The monoisotopic (exact) mass is 291 g/mol. The summed E-state index contributed by atoms with van der Waals surface area (Å²) in [5.74, 6) is 0. The first kappa shape index (κ1) is 18.1. The Morgan fingerprint density at radius 1 is 1.36 bits per heavy atom. The zero-order valence-corrected chi connectivity index (χ0v) is 11.2. The first-order chi connectivity index (χ1) is 3.84. The van der Waals surface area contributed by atoms with E-state index in [1.165, 1.54) is 12.8 Å². The molecule has 0 fully saturated rings. The van der Waals surface area contributed by atoms with Gasteiger partial charge in [-0.3, -0.25) is 0 Å². The number of allylic oxidation sites excluding steroid dienone is 4. The number of halogens is 3. The Morgan fingerprint density at radius 2 is 1.91 bits per heavy atom. The molecule has 0 N–H and O–H groups in total. The van der Waals surface area contributed by atoms with Gasteiger partial charge in [0.2, 0.25) is 0 Å². The molecular weight excluding hydrogens is 282 g/mol. The quantitative estimate of drug-likeness (QED) is 0.695. The van der Waals surface area contributed by atoms with Crippen molar-refractivity contribution in [3.8, 4) is 0 Å². The van der Waals surface area contributed by atoms with E-state index in [1.807, 2.05) is 0 Å². The molecule has 1 aliphatic carbocycles. The van der Waals surface area contributed by atoms with Crippen LogP contribution < -0.4 is 0 Å². The molecule has 1 aliphatic rings. The van der Waals surface area contributed by atoms with Gasteiger partial charge in [0, 0.05) is 0 Å². The molecule has 0 amide bonds. The van der Waals surface area contributed by atoms with Crippen LogP contribution in [0.25, 0.3) is 0 Å². The summed E-state index contributed by atoms with van der Waals surface area (Å²) in [6, 6.07) is 0. The van der Waals surface area contributed by atoms with Crippen molar-refractivity contribution >= 4 is 37.2 Å². The van der Waals surface area contributed by atoms with Crippen LogP contribution in [0.5, 0.6) is 0 Å². The van der Waals surface area contributed by atoms with E-state index in [1.54, 1.807) is 33.6 Å². The number of hydrogen-bond acceptors (Lipinski definition) is 0. The van der Waals surface area contributed by atoms with Gasteiger partial charge < -0.3 is 0 Å². The SMILES string of the molecule is CCC1=[C]([Zr])CC=C1.Cl.Cl.Cl. The molecule has 0 heterocycles. The van der Waals surface area contributed by atoms with Crippen molar-refractivity contribution in [3.05, 3.63) is 21.0 Å². The Hall–Kier alpha value is 1.23. The molecule has 0 aromatic carbocycles. The van der Waals surface area contributed by atoms with Gasteiger partial charge in [0.05, 0.1) is 0 Å². The van der Waals surface area contributed by atoms with E-state index in [4.69, 9.17) is 0 Å². The molecule has 11 heavy (non-hydrogen) atoms. The summed E-state index contributed by atoms with van der Waals surface area (Å²) in [6.45, 7) is 2.22. The van der Waals surface area contributed by atoms with Crippen LogP contribution in [-0.2, 0) is 24.7 Å². The molecule has 0 saturated heterocycles. The van der Waals surface area contributed by atoms with Gasteiger partial charge in [0.25, 0.3) is 0 Å². The van der Waals surface area contributed by atoms with Crippen LogP contribution in [0, 0.1) is 0 Å². The predicted octanol–water partition coefficient (Wildman–Crippen LogP) is 3.42.